The highest BCUT2D eigenvalue weighted by Gasteiger charge is 2.13. The van der Waals surface area contributed by atoms with E-state index in [0.717, 1.165) is 26.4 Å². The molecule has 114 valence electrons. The van der Waals surface area contributed by atoms with Gasteiger partial charge in [0, 0.05) is 22.8 Å². The second-order valence-corrected chi connectivity index (χ2v) is 6.96. The van der Waals surface area contributed by atoms with Crippen molar-refractivity contribution in [2.24, 2.45) is 0 Å². The molecule has 0 aliphatic rings. The predicted molar refractivity (Wildman–Crippen MR) is 94.0 cm³/mol. The zero-order valence-electron chi connectivity index (χ0n) is 12.4. The molecule has 0 saturated heterocycles. The van der Waals surface area contributed by atoms with E-state index >= 15 is 0 Å². The first kappa shape index (κ1) is 15.2. The normalized spacial score (nSPS) is 11.3. The molecule has 4 nitrogen and oxygen atoms in total. The Morgan fingerprint density at radius 1 is 1.36 bits per heavy atom. The third-order valence-corrected chi connectivity index (χ3v) is 5.35. The number of ether oxygens (including phenoxy) is 1. The molecule has 0 amide bonds. The van der Waals surface area contributed by atoms with Crippen LogP contribution in [0.1, 0.15) is 24.8 Å². The second kappa shape index (κ2) is 5.85. The van der Waals surface area contributed by atoms with Gasteiger partial charge >= 0.3 is 0 Å². The number of aromatic nitrogens is 2. The molecule has 0 saturated carbocycles. The molecule has 0 aliphatic carbocycles. The average Bonchev–Trinajstić information content (AvgIpc) is 2.98. The topological polar surface area (TPSA) is 55.0 Å². The fourth-order valence-electron chi connectivity index (χ4n) is 2.24. The van der Waals surface area contributed by atoms with Gasteiger partial charge in [-0.25, -0.2) is 4.98 Å². The van der Waals surface area contributed by atoms with Gasteiger partial charge in [0.1, 0.15) is 5.75 Å². The van der Waals surface area contributed by atoms with Crippen molar-refractivity contribution in [3.63, 3.8) is 0 Å². The lowest BCUT2D eigenvalue weighted by Crippen LogP contribution is -2.04. The zero-order valence-corrected chi connectivity index (χ0v) is 14.8. The number of benzene rings is 1. The molecular formula is C16H15BrN2O2S. The Labute approximate surface area is 140 Å². The Morgan fingerprint density at radius 3 is 2.77 bits per heavy atom. The maximum absolute atomic E-state index is 12.4. The molecule has 0 fully saturated rings. The number of thiazole rings is 1. The first-order valence-electron chi connectivity index (χ1n) is 6.86. The van der Waals surface area contributed by atoms with Gasteiger partial charge in [0.25, 0.3) is 0 Å². The van der Waals surface area contributed by atoms with Crippen molar-refractivity contribution in [1.29, 1.82) is 0 Å². The largest absolute Gasteiger partial charge is 0.495 e. The van der Waals surface area contributed by atoms with Crippen LogP contribution in [-0.2, 0) is 0 Å². The van der Waals surface area contributed by atoms with Gasteiger partial charge in [-0.2, -0.15) is 0 Å². The molecule has 0 unspecified atom stereocenters. The lowest BCUT2D eigenvalue weighted by Gasteiger charge is -2.08. The number of methoxy groups -OCH3 is 1. The van der Waals surface area contributed by atoms with Crippen LogP contribution in [-0.4, -0.2) is 17.1 Å². The van der Waals surface area contributed by atoms with Crippen molar-refractivity contribution in [2.75, 3.05) is 7.11 Å². The van der Waals surface area contributed by atoms with Crippen molar-refractivity contribution >= 4 is 38.2 Å². The summed E-state index contributed by atoms with van der Waals surface area (Å²) >= 11 is 5.10. The highest BCUT2D eigenvalue weighted by Crippen LogP contribution is 2.32. The van der Waals surface area contributed by atoms with Crippen LogP contribution in [0.4, 0.5) is 0 Å². The van der Waals surface area contributed by atoms with Crippen molar-refractivity contribution in [1.82, 2.24) is 9.97 Å². The van der Waals surface area contributed by atoms with Crippen LogP contribution in [0.25, 0.3) is 22.3 Å². The smallest absolute Gasteiger partial charge is 0.190 e. The summed E-state index contributed by atoms with van der Waals surface area (Å²) in [7, 11) is 1.60. The van der Waals surface area contributed by atoms with E-state index < -0.39 is 0 Å². The highest BCUT2D eigenvalue weighted by molar-refractivity contribution is 9.10. The summed E-state index contributed by atoms with van der Waals surface area (Å²) in [6, 6.07) is 5.14. The number of fused-ring (bicyclic) bond motifs is 1. The monoisotopic (exact) mass is 378 g/mol. The maximum Gasteiger partial charge on any atom is 0.190 e. The van der Waals surface area contributed by atoms with E-state index in [1.54, 1.807) is 36.6 Å². The first-order chi connectivity index (χ1) is 10.5. The fourth-order valence-corrected chi connectivity index (χ4v) is 3.68. The number of halogens is 1. The molecule has 0 spiro atoms. The van der Waals surface area contributed by atoms with Gasteiger partial charge in [0.05, 0.1) is 33.5 Å². The minimum absolute atomic E-state index is 0.0359. The second-order valence-electron chi connectivity index (χ2n) is 5.28. The van der Waals surface area contributed by atoms with E-state index in [1.165, 1.54) is 0 Å². The van der Waals surface area contributed by atoms with Crippen molar-refractivity contribution in [3.8, 4) is 17.1 Å². The summed E-state index contributed by atoms with van der Waals surface area (Å²) in [5, 5.41) is 3.65. The van der Waals surface area contributed by atoms with E-state index in [1.807, 2.05) is 5.38 Å². The molecule has 22 heavy (non-hydrogen) atoms. The molecule has 6 heteroatoms. The van der Waals surface area contributed by atoms with Crippen LogP contribution in [0.5, 0.6) is 5.75 Å². The van der Waals surface area contributed by atoms with E-state index in [0.29, 0.717) is 17.1 Å². The molecule has 0 bridgehead atoms. The van der Waals surface area contributed by atoms with E-state index in [2.05, 4.69) is 39.7 Å². The van der Waals surface area contributed by atoms with Crippen LogP contribution in [0.2, 0.25) is 0 Å². The van der Waals surface area contributed by atoms with Gasteiger partial charge in [-0.1, -0.05) is 13.8 Å². The van der Waals surface area contributed by atoms with Crippen molar-refractivity contribution < 1.29 is 4.74 Å². The van der Waals surface area contributed by atoms with Gasteiger partial charge < -0.3 is 9.72 Å². The summed E-state index contributed by atoms with van der Waals surface area (Å²) in [5.41, 5.74) is 2.20. The molecule has 0 radical (unpaired) electrons. The summed E-state index contributed by atoms with van der Waals surface area (Å²) < 4.78 is 6.03. The van der Waals surface area contributed by atoms with Gasteiger partial charge in [-0.3, -0.25) is 4.79 Å². The van der Waals surface area contributed by atoms with E-state index in [9.17, 15) is 4.79 Å². The Kier molecular flexibility index (Phi) is 4.06. The Hall–Kier alpha value is -1.66. The van der Waals surface area contributed by atoms with Gasteiger partial charge in [-0.05, 0) is 28.1 Å². The number of hydrogen-bond acceptors (Lipinski definition) is 4. The van der Waals surface area contributed by atoms with Crippen LogP contribution >= 0.6 is 27.3 Å². The average molecular weight is 379 g/mol. The SMILES string of the molecule is COc1ccc2c(=O)cc(-c3csc(C(C)C)n3)[nH]c2c1Br. The summed E-state index contributed by atoms with van der Waals surface area (Å²) in [6.07, 6.45) is 0. The lowest BCUT2D eigenvalue weighted by atomic mass is 10.1. The molecule has 3 aromatic rings. The number of hydrogen-bond donors (Lipinski definition) is 1. The zero-order chi connectivity index (χ0) is 15.9. The Morgan fingerprint density at radius 2 is 2.14 bits per heavy atom. The molecule has 2 aromatic heterocycles. The lowest BCUT2D eigenvalue weighted by molar-refractivity contribution is 0.413. The molecule has 0 aliphatic heterocycles. The molecular weight excluding hydrogens is 364 g/mol. The standard InChI is InChI=1S/C16H15BrN2O2S/c1-8(2)16-19-11(7-22-16)10-6-12(20)9-4-5-13(21-3)14(17)15(9)18-10/h4-8H,1-3H3,(H,18,20). The molecule has 3 rings (SSSR count). The number of rotatable bonds is 3. The van der Waals surface area contributed by atoms with E-state index in [-0.39, 0.29) is 5.43 Å². The molecule has 0 atom stereocenters. The Bertz CT molecular complexity index is 899. The van der Waals surface area contributed by atoms with Crippen LogP contribution in [0, 0.1) is 0 Å². The van der Waals surface area contributed by atoms with Gasteiger partial charge in [0.15, 0.2) is 5.43 Å². The van der Waals surface area contributed by atoms with Crippen molar-refractivity contribution in [2.45, 2.75) is 19.8 Å². The fraction of sp³-hybridized carbons (Fsp3) is 0.250. The quantitative estimate of drug-likeness (QED) is 0.727. The van der Waals surface area contributed by atoms with Crippen LogP contribution in [0.15, 0.2) is 32.8 Å². The Balaban J connectivity index is 2.22. The van der Waals surface area contributed by atoms with Crippen molar-refractivity contribution in [3.05, 3.63) is 43.3 Å². The number of nitrogens with zero attached hydrogens (tertiary/aromatic N) is 1. The third-order valence-electron chi connectivity index (χ3n) is 3.42. The van der Waals surface area contributed by atoms with Gasteiger partial charge in [0.2, 0.25) is 0 Å². The maximum atomic E-state index is 12.4. The minimum Gasteiger partial charge on any atom is -0.495 e. The van der Waals surface area contributed by atoms with Crippen LogP contribution in [0.3, 0.4) is 0 Å². The predicted octanol–water partition coefficient (Wildman–Crippen LogP) is 4.55. The van der Waals surface area contributed by atoms with E-state index in [4.69, 9.17) is 4.74 Å². The van der Waals surface area contributed by atoms with Crippen LogP contribution < -0.4 is 10.2 Å². The van der Waals surface area contributed by atoms with Gasteiger partial charge in [-0.15, -0.1) is 11.3 Å². The summed E-state index contributed by atoms with van der Waals surface area (Å²) in [6.45, 7) is 4.21. The number of nitrogens with one attached hydrogen (secondary N) is 1. The highest BCUT2D eigenvalue weighted by atomic mass is 79.9. The number of pyridine rings is 1. The summed E-state index contributed by atoms with van der Waals surface area (Å²) in [5.74, 6) is 1.05. The molecule has 1 N–H and O–H groups in total. The number of H-pyrrole nitrogens is 1. The minimum atomic E-state index is -0.0359. The molecule has 1 aromatic carbocycles. The number of aromatic amines is 1. The first-order valence-corrected chi connectivity index (χ1v) is 8.54. The molecule has 2 heterocycles. The summed E-state index contributed by atoms with van der Waals surface area (Å²) in [4.78, 5) is 20.3. The third kappa shape index (κ3) is 2.57.